The van der Waals surface area contributed by atoms with E-state index >= 15 is 0 Å². The Bertz CT molecular complexity index is 272. The Balaban J connectivity index is 1.96. The molecule has 2 fully saturated rings. The van der Waals surface area contributed by atoms with E-state index in [1.165, 1.54) is 6.42 Å². The second kappa shape index (κ2) is 4.02. The zero-order valence-corrected chi connectivity index (χ0v) is 10.5. The Hall–Kier alpha value is -0.570. The van der Waals surface area contributed by atoms with Crippen LogP contribution in [0.25, 0.3) is 0 Å². The molecule has 3 heteroatoms. The number of hydrogen-bond donors (Lipinski definition) is 1. The van der Waals surface area contributed by atoms with Crippen LogP contribution in [0.3, 0.4) is 0 Å². The first-order valence-corrected chi connectivity index (χ1v) is 6.39. The monoisotopic (exact) mass is 225 g/mol. The summed E-state index contributed by atoms with van der Waals surface area (Å²) in [5.41, 5.74) is -0.0386. The maximum Gasteiger partial charge on any atom is 0.310 e. The summed E-state index contributed by atoms with van der Waals surface area (Å²) in [5, 5.41) is 9.46. The lowest BCUT2D eigenvalue weighted by atomic mass is 9.72. The molecule has 0 aromatic carbocycles. The number of hydrogen-bond acceptors (Lipinski definition) is 2. The Morgan fingerprint density at radius 2 is 1.75 bits per heavy atom. The molecule has 0 radical (unpaired) electrons. The summed E-state index contributed by atoms with van der Waals surface area (Å²) in [4.78, 5) is 13.8. The highest BCUT2D eigenvalue weighted by molar-refractivity contribution is 5.75. The van der Waals surface area contributed by atoms with Crippen LogP contribution in [-0.2, 0) is 4.79 Å². The number of aliphatic carboxylic acids is 1. The first-order chi connectivity index (χ1) is 7.44. The molecule has 1 saturated carbocycles. The Morgan fingerprint density at radius 3 is 2.19 bits per heavy atom. The zero-order chi connectivity index (χ0) is 11.8. The van der Waals surface area contributed by atoms with Gasteiger partial charge in [0.05, 0.1) is 5.41 Å². The number of nitrogens with zero attached hydrogens (tertiary/aromatic N) is 1. The Morgan fingerprint density at radius 1 is 1.19 bits per heavy atom. The summed E-state index contributed by atoms with van der Waals surface area (Å²) in [6.45, 7) is 7.38. The van der Waals surface area contributed by atoms with Gasteiger partial charge in [0, 0.05) is 19.6 Å². The van der Waals surface area contributed by atoms with Crippen LogP contribution in [0.4, 0.5) is 0 Å². The van der Waals surface area contributed by atoms with Gasteiger partial charge >= 0.3 is 5.97 Å². The minimum absolute atomic E-state index is 0.397. The fourth-order valence-electron chi connectivity index (χ4n) is 3.37. The second-order valence-corrected chi connectivity index (χ2v) is 6.46. The predicted molar refractivity (Wildman–Crippen MR) is 63.4 cm³/mol. The number of carboxylic acid groups (broad SMARTS) is 1. The topological polar surface area (TPSA) is 40.5 Å². The third-order valence-electron chi connectivity index (χ3n) is 4.09. The summed E-state index contributed by atoms with van der Waals surface area (Å²) in [6.07, 6.45) is 5.13. The maximum absolute atomic E-state index is 11.5. The minimum atomic E-state index is -0.572. The third-order valence-corrected chi connectivity index (χ3v) is 4.09. The molecule has 0 spiro atoms. The number of carbonyl (C=O) groups is 1. The van der Waals surface area contributed by atoms with Crippen LogP contribution in [0, 0.1) is 10.8 Å². The van der Waals surface area contributed by atoms with Crippen LogP contribution in [0.15, 0.2) is 0 Å². The molecular weight excluding hydrogens is 202 g/mol. The van der Waals surface area contributed by atoms with Crippen LogP contribution in [0.1, 0.15) is 46.0 Å². The maximum atomic E-state index is 11.5. The first kappa shape index (κ1) is 11.9. The molecule has 1 heterocycles. The molecule has 16 heavy (non-hydrogen) atoms. The lowest BCUT2D eigenvalue weighted by Gasteiger charge is -2.49. The number of likely N-dealkylation sites (tertiary alicyclic amines) is 1. The van der Waals surface area contributed by atoms with Gasteiger partial charge in [-0.2, -0.15) is 0 Å². The van der Waals surface area contributed by atoms with E-state index in [1.54, 1.807) is 0 Å². The molecule has 1 N–H and O–H groups in total. The van der Waals surface area contributed by atoms with Crippen molar-refractivity contribution >= 4 is 5.97 Å². The molecule has 0 bridgehead atoms. The zero-order valence-electron chi connectivity index (χ0n) is 10.5. The van der Waals surface area contributed by atoms with Gasteiger partial charge in [0.2, 0.25) is 0 Å². The van der Waals surface area contributed by atoms with Gasteiger partial charge in [0.25, 0.3) is 0 Å². The lowest BCUT2D eigenvalue weighted by molar-refractivity contribution is -0.155. The highest BCUT2D eigenvalue weighted by Gasteiger charge is 2.45. The molecule has 1 aliphatic heterocycles. The molecule has 2 aliphatic rings. The second-order valence-electron chi connectivity index (χ2n) is 6.46. The van der Waals surface area contributed by atoms with Gasteiger partial charge < -0.3 is 10.0 Å². The molecule has 3 nitrogen and oxygen atoms in total. The van der Waals surface area contributed by atoms with Crippen molar-refractivity contribution in [1.82, 2.24) is 4.90 Å². The minimum Gasteiger partial charge on any atom is -0.481 e. The van der Waals surface area contributed by atoms with E-state index in [0.29, 0.717) is 5.41 Å². The van der Waals surface area contributed by atoms with E-state index in [1.807, 2.05) is 0 Å². The van der Waals surface area contributed by atoms with Crippen molar-refractivity contribution in [3.8, 4) is 0 Å². The molecule has 0 amide bonds. The average Bonchev–Trinajstić information content (AvgIpc) is 2.16. The van der Waals surface area contributed by atoms with Crippen LogP contribution in [0.2, 0.25) is 0 Å². The molecule has 0 unspecified atom stereocenters. The van der Waals surface area contributed by atoms with Crippen molar-refractivity contribution in [2.24, 2.45) is 10.8 Å². The largest absolute Gasteiger partial charge is 0.481 e. The molecule has 1 aliphatic carbocycles. The SMILES string of the molecule is CC1(C)CN(CC2(C(=O)O)CCCCC2)C1. The lowest BCUT2D eigenvalue weighted by Crippen LogP contribution is -2.57. The predicted octanol–water partition coefficient (Wildman–Crippen LogP) is 2.36. The van der Waals surface area contributed by atoms with Gasteiger partial charge in [-0.05, 0) is 18.3 Å². The van der Waals surface area contributed by atoms with Crippen molar-refractivity contribution in [2.75, 3.05) is 19.6 Å². The highest BCUT2D eigenvalue weighted by atomic mass is 16.4. The fraction of sp³-hybridized carbons (Fsp3) is 0.923. The normalized spacial score (nSPS) is 28.4. The van der Waals surface area contributed by atoms with Crippen molar-refractivity contribution in [1.29, 1.82) is 0 Å². The molecule has 0 aromatic rings. The molecule has 2 rings (SSSR count). The highest BCUT2D eigenvalue weighted by Crippen LogP contribution is 2.40. The van der Waals surface area contributed by atoms with Crippen LogP contribution in [0.5, 0.6) is 0 Å². The first-order valence-electron chi connectivity index (χ1n) is 6.39. The van der Waals surface area contributed by atoms with Gasteiger partial charge in [-0.15, -0.1) is 0 Å². The smallest absolute Gasteiger partial charge is 0.310 e. The third kappa shape index (κ3) is 2.24. The fourth-order valence-corrected chi connectivity index (χ4v) is 3.37. The van der Waals surface area contributed by atoms with E-state index in [-0.39, 0.29) is 0 Å². The standard InChI is InChI=1S/C13H23NO2/c1-12(2)8-14(9-12)10-13(11(15)16)6-4-3-5-7-13/h3-10H2,1-2H3,(H,15,16). The van der Waals surface area contributed by atoms with Crippen molar-refractivity contribution < 1.29 is 9.90 Å². The molecular formula is C13H23NO2. The van der Waals surface area contributed by atoms with E-state index in [2.05, 4.69) is 18.7 Å². The number of rotatable bonds is 3. The Labute approximate surface area is 97.8 Å². The van der Waals surface area contributed by atoms with Gasteiger partial charge in [-0.25, -0.2) is 0 Å². The Kier molecular flexibility index (Phi) is 2.99. The van der Waals surface area contributed by atoms with Gasteiger partial charge in [-0.1, -0.05) is 33.1 Å². The molecule has 0 aromatic heterocycles. The van der Waals surface area contributed by atoms with E-state index < -0.39 is 11.4 Å². The summed E-state index contributed by atoms with van der Waals surface area (Å²) in [7, 11) is 0. The van der Waals surface area contributed by atoms with Gasteiger partial charge in [-0.3, -0.25) is 4.79 Å². The quantitative estimate of drug-likeness (QED) is 0.801. The summed E-state index contributed by atoms with van der Waals surface area (Å²) >= 11 is 0. The van der Waals surface area contributed by atoms with E-state index in [9.17, 15) is 9.90 Å². The van der Waals surface area contributed by atoms with Crippen molar-refractivity contribution in [2.45, 2.75) is 46.0 Å². The van der Waals surface area contributed by atoms with Crippen LogP contribution < -0.4 is 0 Å². The van der Waals surface area contributed by atoms with Crippen molar-refractivity contribution in [3.63, 3.8) is 0 Å². The van der Waals surface area contributed by atoms with Crippen LogP contribution >= 0.6 is 0 Å². The van der Waals surface area contributed by atoms with E-state index in [0.717, 1.165) is 45.3 Å². The van der Waals surface area contributed by atoms with Crippen LogP contribution in [-0.4, -0.2) is 35.6 Å². The summed E-state index contributed by atoms with van der Waals surface area (Å²) < 4.78 is 0. The molecule has 92 valence electrons. The summed E-state index contributed by atoms with van der Waals surface area (Å²) in [5.74, 6) is -0.572. The van der Waals surface area contributed by atoms with Gasteiger partial charge in [0.15, 0.2) is 0 Å². The number of carboxylic acids is 1. The average molecular weight is 225 g/mol. The van der Waals surface area contributed by atoms with Crippen molar-refractivity contribution in [3.05, 3.63) is 0 Å². The van der Waals surface area contributed by atoms with Gasteiger partial charge in [0.1, 0.15) is 0 Å². The molecule has 0 atom stereocenters. The summed E-state index contributed by atoms with van der Waals surface area (Å²) in [6, 6.07) is 0. The van der Waals surface area contributed by atoms with E-state index in [4.69, 9.17) is 0 Å². The molecule has 1 saturated heterocycles.